The molecule has 4 heteroatoms. The number of carbonyl (C=O) groups is 1. The van der Waals surface area contributed by atoms with E-state index in [1.165, 1.54) is 16.3 Å². The molecule has 1 N–H and O–H groups in total. The van der Waals surface area contributed by atoms with E-state index in [1.807, 2.05) is 4.90 Å². The van der Waals surface area contributed by atoms with Gasteiger partial charge in [0.15, 0.2) is 0 Å². The Labute approximate surface area is 143 Å². The van der Waals surface area contributed by atoms with Gasteiger partial charge in [0, 0.05) is 32.6 Å². The lowest BCUT2D eigenvalue weighted by molar-refractivity contribution is -0.138. The fourth-order valence-electron chi connectivity index (χ4n) is 4.10. The van der Waals surface area contributed by atoms with Crippen LogP contribution in [0.1, 0.15) is 18.4 Å². The second-order valence-electron chi connectivity index (χ2n) is 6.89. The van der Waals surface area contributed by atoms with E-state index in [4.69, 9.17) is 0 Å². The van der Waals surface area contributed by atoms with Crippen molar-refractivity contribution in [2.24, 2.45) is 0 Å². The van der Waals surface area contributed by atoms with E-state index < -0.39 is 5.54 Å². The Hall–Kier alpha value is -1.91. The molecule has 1 unspecified atom stereocenters. The molecule has 0 saturated carbocycles. The molecule has 125 valence electrons. The van der Waals surface area contributed by atoms with Crippen molar-refractivity contribution in [3.63, 3.8) is 0 Å². The van der Waals surface area contributed by atoms with Crippen LogP contribution in [0.15, 0.2) is 42.5 Å². The number of hydrogen-bond acceptors (Lipinski definition) is 2. The predicted molar refractivity (Wildman–Crippen MR) is 96.1 cm³/mol. The van der Waals surface area contributed by atoms with Gasteiger partial charge in [-0.3, -0.25) is 4.79 Å². The van der Waals surface area contributed by atoms with Crippen molar-refractivity contribution >= 4 is 16.7 Å². The first-order chi connectivity index (χ1) is 11.8. The van der Waals surface area contributed by atoms with Crippen LogP contribution in [-0.2, 0) is 11.2 Å². The van der Waals surface area contributed by atoms with Crippen molar-refractivity contribution in [2.75, 3.05) is 32.7 Å². The van der Waals surface area contributed by atoms with Gasteiger partial charge in [-0.15, -0.1) is 0 Å². The number of amides is 1. The predicted octanol–water partition coefficient (Wildman–Crippen LogP) is 1.95. The molecule has 2 heterocycles. The van der Waals surface area contributed by atoms with Crippen LogP contribution in [0.3, 0.4) is 0 Å². The molecule has 2 fully saturated rings. The van der Waals surface area contributed by atoms with E-state index in [-0.39, 0.29) is 5.91 Å². The Balaban J connectivity index is 1.66. The number of nitrogens with one attached hydrogen (secondary N) is 1. The highest BCUT2D eigenvalue weighted by molar-refractivity contribution is 5.90. The smallest absolute Gasteiger partial charge is 0.243 e. The molecule has 1 amide bonds. The lowest BCUT2D eigenvalue weighted by Crippen LogP contribution is -2.59. The van der Waals surface area contributed by atoms with Crippen molar-refractivity contribution < 1.29 is 4.79 Å². The van der Waals surface area contributed by atoms with Gasteiger partial charge in [-0.1, -0.05) is 42.5 Å². The Morgan fingerprint density at radius 1 is 1.12 bits per heavy atom. The number of hydrogen-bond donors (Lipinski definition) is 1. The first kappa shape index (κ1) is 15.6. The molecule has 2 aromatic carbocycles. The highest BCUT2D eigenvalue weighted by Gasteiger charge is 2.43. The number of rotatable bonds is 3. The van der Waals surface area contributed by atoms with Crippen molar-refractivity contribution in [2.45, 2.75) is 24.8 Å². The van der Waals surface area contributed by atoms with Gasteiger partial charge < -0.3 is 10.2 Å². The summed E-state index contributed by atoms with van der Waals surface area (Å²) in [5.41, 5.74) is 0.819. The minimum absolute atomic E-state index is 0.267. The number of benzene rings is 2. The van der Waals surface area contributed by atoms with Gasteiger partial charge >= 0.3 is 0 Å². The molecule has 4 rings (SSSR count). The number of fused-ring (bicyclic) bond motifs is 1. The zero-order valence-electron chi connectivity index (χ0n) is 14.0. The lowest BCUT2D eigenvalue weighted by atomic mass is 9.85. The summed E-state index contributed by atoms with van der Waals surface area (Å²) >= 11 is 0. The van der Waals surface area contributed by atoms with Crippen LogP contribution in [0.2, 0.25) is 0 Å². The molecule has 2 aromatic rings. The standard InChI is InChI=1S/C20H24N3O/c24-19(23-13-11-21-12-14-23)20(9-4-10-22-20)15-17-7-3-6-16-5-1-2-8-18(16)17/h1-3,5-8,22H,4,9-15H2. The van der Waals surface area contributed by atoms with Gasteiger partial charge in [0.05, 0.1) is 0 Å². The second kappa shape index (κ2) is 6.54. The fourth-order valence-corrected chi connectivity index (χ4v) is 4.10. The maximum Gasteiger partial charge on any atom is 0.243 e. The summed E-state index contributed by atoms with van der Waals surface area (Å²) in [5.74, 6) is 0.267. The Kier molecular flexibility index (Phi) is 4.25. The van der Waals surface area contributed by atoms with Gasteiger partial charge in [0.1, 0.15) is 5.54 Å². The average Bonchev–Trinajstić information content (AvgIpc) is 3.12. The zero-order chi connectivity index (χ0) is 16.4. The monoisotopic (exact) mass is 322 g/mol. The van der Waals surface area contributed by atoms with Gasteiger partial charge in [-0.2, -0.15) is 0 Å². The van der Waals surface area contributed by atoms with Gasteiger partial charge in [-0.05, 0) is 35.7 Å². The largest absolute Gasteiger partial charge is 0.338 e. The maximum absolute atomic E-state index is 13.3. The molecular formula is C20H24N3O. The Bertz CT molecular complexity index is 725. The highest BCUT2D eigenvalue weighted by atomic mass is 16.2. The van der Waals surface area contributed by atoms with Crippen molar-refractivity contribution in [3.8, 4) is 0 Å². The second-order valence-corrected chi connectivity index (χ2v) is 6.89. The zero-order valence-corrected chi connectivity index (χ0v) is 14.0. The molecule has 2 aliphatic rings. The highest BCUT2D eigenvalue weighted by Crippen LogP contribution is 2.30. The topological polar surface area (TPSA) is 46.4 Å². The van der Waals surface area contributed by atoms with E-state index in [9.17, 15) is 4.79 Å². The third-order valence-corrected chi connectivity index (χ3v) is 5.37. The summed E-state index contributed by atoms with van der Waals surface area (Å²) < 4.78 is 0. The number of piperazine rings is 1. The molecular weight excluding hydrogens is 298 g/mol. The molecule has 0 spiro atoms. The summed E-state index contributed by atoms with van der Waals surface area (Å²) in [6.07, 6.45) is 2.75. The van der Waals surface area contributed by atoms with Crippen molar-refractivity contribution in [3.05, 3.63) is 48.0 Å². The van der Waals surface area contributed by atoms with E-state index in [1.54, 1.807) is 0 Å². The minimum atomic E-state index is -0.443. The van der Waals surface area contributed by atoms with Crippen molar-refractivity contribution in [1.29, 1.82) is 0 Å². The third kappa shape index (κ3) is 2.80. The van der Waals surface area contributed by atoms with Crippen LogP contribution in [0.25, 0.3) is 10.8 Å². The van der Waals surface area contributed by atoms with Crippen molar-refractivity contribution in [1.82, 2.24) is 15.5 Å². The van der Waals surface area contributed by atoms with Crippen LogP contribution in [0.4, 0.5) is 0 Å². The summed E-state index contributed by atoms with van der Waals surface area (Å²) in [6, 6.07) is 14.9. The molecule has 4 nitrogen and oxygen atoms in total. The molecule has 2 aliphatic heterocycles. The van der Waals surface area contributed by atoms with Crippen LogP contribution in [0, 0.1) is 0 Å². The summed E-state index contributed by atoms with van der Waals surface area (Å²) in [7, 11) is 0. The van der Waals surface area contributed by atoms with E-state index in [0.29, 0.717) is 0 Å². The third-order valence-electron chi connectivity index (χ3n) is 5.37. The molecule has 0 aromatic heterocycles. The molecule has 24 heavy (non-hydrogen) atoms. The quantitative estimate of drug-likeness (QED) is 0.939. The summed E-state index contributed by atoms with van der Waals surface area (Å²) in [5, 5.41) is 10.4. The molecule has 1 radical (unpaired) electrons. The van der Waals surface area contributed by atoms with E-state index in [0.717, 1.165) is 52.0 Å². The number of nitrogens with zero attached hydrogens (tertiary/aromatic N) is 2. The Morgan fingerprint density at radius 2 is 1.92 bits per heavy atom. The molecule has 0 aliphatic carbocycles. The first-order valence-corrected chi connectivity index (χ1v) is 8.93. The molecule has 2 saturated heterocycles. The molecule has 0 bridgehead atoms. The van der Waals surface area contributed by atoms with Crippen LogP contribution in [-0.4, -0.2) is 49.1 Å². The summed E-state index contributed by atoms with van der Waals surface area (Å²) in [4.78, 5) is 15.3. The van der Waals surface area contributed by atoms with E-state index >= 15 is 0 Å². The lowest BCUT2D eigenvalue weighted by Gasteiger charge is -2.36. The average molecular weight is 322 g/mol. The fraction of sp³-hybridized carbons (Fsp3) is 0.450. The maximum atomic E-state index is 13.3. The first-order valence-electron chi connectivity index (χ1n) is 8.93. The van der Waals surface area contributed by atoms with Crippen LogP contribution < -0.4 is 10.6 Å². The van der Waals surface area contributed by atoms with Crippen LogP contribution >= 0.6 is 0 Å². The minimum Gasteiger partial charge on any atom is -0.338 e. The van der Waals surface area contributed by atoms with E-state index in [2.05, 4.69) is 53.1 Å². The molecule has 1 atom stereocenters. The van der Waals surface area contributed by atoms with Crippen LogP contribution in [0.5, 0.6) is 0 Å². The van der Waals surface area contributed by atoms with Gasteiger partial charge in [0.2, 0.25) is 5.91 Å². The van der Waals surface area contributed by atoms with Gasteiger partial charge in [0.25, 0.3) is 0 Å². The SMILES string of the molecule is O=C(N1CC[N]CC1)C1(Cc2cccc3ccccc23)CCCN1. The normalized spacial score (nSPS) is 24.4. The number of carbonyl (C=O) groups excluding carboxylic acids is 1. The Morgan fingerprint density at radius 3 is 2.71 bits per heavy atom. The summed E-state index contributed by atoms with van der Waals surface area (Å²) in [6.45, 7) is 4.00. The van der Waals surface area contributed by atoms with Gasteiger partial charge in [-0.25, -0.2) is 5.32 Å².